The molecule has 8 nitrogen and oxygen atoms in total. The highest BCUT2D eigenvalue weighted by Crippen LogP contribution is 2.25. The first-order valence-corrected chi connectivity index (χ1v) is 10.2. The summed E-state index contributed by atoms with van der Waals surface area (Å²) >= 11 is 6.03. The van der Waals surface area contributed by atoms with Crippen molar-refractivity contribution in [1.82, 2.24) is 5.48 Å². The SMILES string of the molecule is COC(=O)NOc1cc(/C(C)=N/OCc2ccccc2S(C)(=O)=O)ccc1Cl. The number of hydrogen-bond acceptors (Lipinski definition) is 7. The minimum absolute atomic E-state index is 0.0125. The number of carbonyl (C=O) groups is 1. The molecule has 0 atom stereocenters. The molecule has 2 aromatic rings. The quantitative estimate of drug-likeness (QED) is 0.538. The summed E-state index contributed by atoms with van der Waals surface area (Å²) in [6.07, 6.45) is 0.359. The Hall–Kier alpha value is -2.78. The first kappa shape index (κ1) is 21.5. The number of rotatable bonds is 7. The lowest BCUT2D eigenvalue weighted by Crippen LogP contribution is -2.26. The van der Waals surface area contributed by atoms with Crippen LogP contribution in [0.3, 0.4) is 0 Å². The molecule has 28 heavy (non-hydrogen) atoms. The van der Waals surface area contributed by atoms with Crippen molar-refractivity contribution in [3.05, 3.63) is 58.6 Å². The first-order valence-electron chi connectivity index (χ1n) is 7.97. The van der Waals surface area contributed by atoms with Crippen LogP contribution in [0.25, 0.3) is 0 Å². The monoisotopic (exact) mass is 426 g/mol. The van der Waals surface area contributed by atoms with Crippen molar-refractivity contribution < 1.29 is 27.6 Å². The van der Waals surface area contributed by atoms with Crippen molar-refractivity contribution in [2.75, 3.05) is 13.4 Å². The van der Waals surface area contributed by atoms with E-state index in [1.807, 2.05) is 0 Å². The van der Waals surface area contributed by atoms with Gasteiger partial charge in [-0.2, -0.15) is 5.48 Å². The van der Waals surface area contributed by atoms with E-state index < -0.39 is 15.9 Å². The van der Waals surface area contributed by atoms with Crippen LogP contribution in [0.4, 0.5) is 4.79 Å². The number of hydrogen-bond donors (Lipinski definition) is 1. The Kier molecular flexibility index (Phi) is 7.24. The zero-order valence-corrected chi connectivity index (χ0v) is 17.0. The fourth-order valence-electron chi connectivity index (χ4n) is 2.18. The van der Waals surface area contributed by atoms with Crippen molar-refractivity contribution >= 4 is 33.2 Å². The van der Waals surface area contributed by atoms with Crippen LogP contribution in [0, 0.1) is 0 Å². The molecule has 0 heterocycles. The van der Waals surface area contributed by atoms with Crippen molar-refractivity contribution in [3.63, 3.8) is 0 Å². The minimum atomic E-state index is -3.37. The maximum Gasteiger partial charge on any atom is 0.440 e. The Morgan fingerprint density at radius 3 is 2.61 bits per heavy atom. The molecule has 10 heteroatoms. The van der Waals surface area contributed by atoms with Crippen LogP contribution in [-0.4, -0.2) is 33.6 Å². The molecule has 1 amide bonds. The number of methoxy groups -OCH3 is 1. The molecule has 0 fully saturated rings. The molecule has 1 N–H and O–H groups in total. The van der Waals surface area contributed by atoms with Crippen LogP contribution < -0.4 is 10.3 Å². The number of sulfone groups is 1. The Morgan fingerprint density at radius 1 is 1.21 bits per heavy atom. The first-order chi connectivity index (χ1) is 13.2. The number of halogens is 1. The van der Waals surface area contributed by atoms with Crippen LogP contribution in [0.1, 0.15) is 18.1 Å². The Balaban J connectivity index is 2.11. The predicted octanol–water partition coefficient (Wildman–Crippen LogP) is 3.33. The Morgan fingerprint density at radius 2 is 1.93 bits per heavy atom. The zero-order valence-electron chi connectivity index (χ0n) is 15.4. The van der Waals surface area contributed by atoms with Gasteiger partial charge in [-0.25, -0.2) is 13.2 Å². The number of carbonyl (C=O) groups excluding carboxylic acids is 1. The van der Waals surface area contributed by atoms with Gasteiger partial charge in [0.25, 0.3) is 0 Å². The largest absolute Gasteiger partial charge is 0.451 e. The summed E-state index contributed by atoms with van der Waals surface area (Å²) in [6.45, 7) is 1.69. The summed E-state index contributed by atoms with van der Waals surface area (Å²) in [5, 5.41) is 4.28. The maximum atomic E-state index is 11.8. The second-order valence-corrected chi connectivity index (χ2v) is 8.06. The van der Waals surface area contributed by atoms with Crippen molar-refractivity contribution in [1.29, 1.82) is 0 Å². The fraction of sp³-hybridized carbons (Fsp3) is 0.222. The normalized spacial score (nSPS) is 11.6. The lowest BCUT2D eigenvalue weighted by Gasteiger charge is -2.10. The van der Waals surface area contributed by atoms with Gasteiger partial charge in [-0.05, 0) is 25.1 Å². The van der Waals surface area contributed by atoms with E-state index in [1.165, 1.54) is 13.2 Å². The smallest absolute Gasteiger partial charge is 0.440 e. The van der Waals surface area contributed by atoms with E-state index in [0.29, 0.717) is 16.8 Å². The molecule has 150 valence electrons. The van der Waals surface area contributed by atoms with Crippen molar-refractivity contribution in [2.45, 2.75) is 18.4 Å². The molecule has 0 radical (unpaired) electrons. The van der Waals surface area contributed by atoms with Crippen LogP contribution in [0.15, 0.2) is 52.5 Å². The topological polar surface area (TPSA) is 103 Å². The predicted molar refractivity (Wildman–Crippen MR) is 104 cm³/mol. The van der Waals surface area contributed by atoms with E-state index in [1.54, 1.807) is 43.3 Å². The number of amides is 1. The van der Waals surface area contributed by atoms with Gasteiger partial charge < -0.3 is 14.4 Å². The van der Waals surface area contributed by atoms with Crippen LogP contribution in [0.5, 0.6) is 5.75 Å². The highest BCUT2D eigenvalue weighted by molar-refractivity contribution is 7.90. The number of ether oxygens (including phenoxy) is 1. The molecule has 0 aliphatic carbocycles. The molecular weight excluding hydrogens is 408 g/mol. The third kappa shape index (κ3) is 5.86. The Bertz CT molecular complexity index is 991. The highest BCUT2D eigenvalue weighted by Gasteiger charge is 2.13. The van der Waals surface area contributed by atoms with Gasteiger partial charge in [0, 0.05) is 17.4 Å². The number of hydroxylamine groups is 1. The van der Waals surface area contributed by atoms with E-state index in [9.17, 15) is 13.2 Å². The molecule has 0 aliphatic rings. The summed E-state index contributed by atoms with van der Waals surface area (Å²) in [6, 6.07) is 11.4. The third-order valence-electron chi connectivity index (χ3n) is 3.57. The molecule has 0 aliphatic heterocycles. The maximum absolute atomic E-state index is 11.8. The molecule has 0 unspecified atom stereocenters. The van der Waals surface area contributed by atoms with E-state index in [0.717, 1.165) is 6.26 Å². The molecule has 2 rings (SSSR count). The third-order valence-corrected chi connectivity index (χ3v) is 5.08. The summed E-state index contributed by atoms with van der Waals surface area (Å²) in [5.41, 5.74) is 3.69. The fourth-order valence-corrected chi connectivity index (χ4v) is 3.27. The zero-order chi connectivity index (χ0) is 20.7. The van der Waals surface area contributed by atoms with Gasteiger partial charge in [0.15, 0.2) is 15.6 Å². The van der Waals surface area contributed by atoms with Gasteiger partial charge in [0.1, 0.15) is 6.61 Å². The summed E-state index contributed by atoms with van der Waals surface area (Å²) in [4.78, 5) is 21.7. The van der Waals surface area contributed by atoms with Crippen LogP contribution in [0.2, 0.25) is 5.02 Å². The van der Waals surface area contributed by atoms with E-state index in [2.05, 4.69) is 15.4 Å². The van der Waals surface area contributed by atoms with Gasteiger partial charge in [-0.3, -0.25) is 0 Å². The molecule has 0 saturated heterocycles. The number of benzene rings is 2. The average Bonchev–Trinajstić information content (AvgIpc) is 2.66. The number of nitrogens with one attached hydrogen (secondary N) is 1. The van der Waals surface area contributed by atoms with Gasteiger partial charge in [0.2, 0.25) is 0 Å². The lowest BCUT2D eigenvalue weighted by molar-refractivity contribution is 0.118. The second kappa shape index (κ2) is 9.43. The molecule has 0 spiro atoms. The summed E-state index contributed by atoms with van der Waals surface area (Å²) in [7, 11) is -2.17. The average molecular weight is 427 g/mol. The highest BCUT2D eigenvalue weighted by atomic mass is 35.5. The molecular formula is C18H19ClN2O6S. The van der Waals surface area contributed by atoms with Gasteiger partial charge in [-0.15, -0.1) is 0 Å². The van der Waals surface area contributed by atoms with Gasteiger partial charge in [-0.1, -0.05) is 41.0 Å². The van der Waals surface area contributed by atoms with E-state index >= 15 is 0 Å². The van der Waals surface area contributed by atoms with Crippen molar-refractivity contribution in [3.8, 4) is 5.75 Å². The molecule has 0 saturated carbocycles. The van der Waals surface area contributed by atoms with Crippen LogP contribution in [-0.2, 0) is 26.0 Å². The number of nitrogens with zero attached hydrogens (tertiary/aromatic N) is 1. The van der Waals surface area contributed by atoms with Crippen LogP contribution >= 0.6 is 11.6 Å². The summed E-state index contributed by atoms with van der Waals surface area (Å²) in [5.74, 6) is 0.196. The second-order valence-electron chi connectivity index (χ2n) is 5.67. The molecule has 0 bridgehead atoms. The minimum Gasteiger partial charge on any atom is -0.451 e. The van der Waals surface area contributed by atoms with Gasteiger partial charge >= 0.3 is 6.09 Å². The molecule has 2 aromatic carbocycles. The van der Waals surface area contributed by atoms with Crippen molar-refractivity contribution in [2.24, 2.45) is 5.16 Å². The molecule has 0 aromatic heterocycles. The standard InChI is InChI=1S/C18H19ClN2O6S/c1-12(13-8-9-15(19)16(10-13)27-21-18(22)25-2)20-26-11-14-6-4-5-7-17(14)28(3,23)24/h4-10H,11H2,1-3H3,(H,21,22)/b20-12+. The lowest BCUT2D eigenvalue weighted by atomic mass is 10.1. The summed E-state index contributed by atoms with van der Waals surface area (Å²) < 4.78 is 28.0. The Labute approximate surface area is 167 Å². The van der Waals surface area contributed by atoms with E-state index in [-0.39, 0.29) is 22.3 Å². The van der Waals surface area contributed by atoms with Gasteiger partial charge in [0.05, 0.1) is 22.7 Å². The van der Waals surface area contributed by atoms with E-state index in [4.69, 9.17) is 21.3 Å². The number of oxime groups is 1.